The summed E-state index contributed by atoms with van der Waals surface area (Å²) in [7, 11) is 0. The van der Waals surface area contributed by atoms with Crippen LogP contribution < -0.4 is 0 Å². The van der Waals surface area contributed by atoms with Crippen LogP contribution in [0, 0.1) is 0 Å². The first-order valence-electron chi connectivity index (χ1n) is 12.4. The van der Waals surface area contributed by atoms with Crippen LogP contribution in [0.2, 0.25) is 0 Å². The Morgan fingerprint density at radius 2 is 1.28 bits per heavy atom. The molecular formula is C34H27NO. The highest BCUT2D eigenvalue weighted by Gasteiger charge is 2.26. The van der Waals surface area contributed by atoms with Crippen LogP contribution >= 0.6 is 0 Å². The maximum absolute atomic E-state index is 13.8. The maximum Gasteiger partial charge on any atom is 0.187 e. The van der Waals surface area contributed by atoms with Gasteiger partial charge in [0.1, 0.15) is 0 Å². The quantitative estimate of drug-likeness (QED) is 0.256. The Balaban J connectivity index is 1.41. The SMILES string of the molecule is O=C1C(=Cc2ccc3ccccc3c2)CN(Cc2ccccc2)CC1=Cc1cccc2ccccc12. The molecule has 5 aromatic carbocycles. The fraction of sp³-hybridized carbons (Fsp3) is 0.0882. The second-order valence-corrected chi connectivity index (χ2v) is 9.47. The Kier molecular flexibility index (Phi) is 6.03. The van der Waals surface area contributed by atoms with Gasteiger partial charge in [-0.2, -0.15) is 0 Å². The van der Waals surface area contributed by atoms with Crippen molar-refractivity contribution in [3.63, 3.8) is 0 Å². The molecule has 0 aliphatic carbocycles. The van der Waals surface area contributed by atoms with Crippen LogP contribution in [0.25, 0.3) is 33.7 Å². The third-order valence-corrected chi connectivity index (χ3v) is 6.89. The zero-order valence-corrected chi connectivity index (χ0v) is 20.1. The number of ketones is 1. The van der Waals surface area contributed by atoms with Gasteiger partial charge >= 0.3 is 0 Å². The van der Waals surface area contributed by atoms with Crippen LogP contribution in [0.5, 0.6) is 0 Å². The zero-order valence-electron chi connectivity index (χ0n) is 20.1. The van der Waals surface area contributed by atoms with Gasteiger partial charge in [-0.3, -0.25) is 9.69 Å². The minimum absolute atomic E-state index is 0.139. The highest BCUT2D eigenvalue weighted by Crippen LogP contribution is 2.27. The molecule has 174 valence electrons. The van der Waals surface area contributed by atoms with Gasteiger partial charge in [0.2, 0.25) is 0 Å². The minimum Gasteiger partial charge on any atom is -0.290 e. The molecule has 1 aliphatic heterocycles. The molecule has 0 unspecified atom stereocenters. The Morgan fingerprint density at radius 3 is 2.11 bits per heavy atom. The number of fused-ring (bicyclic) bond motifs is 2. The van der Waals surface area contributed by atoms with E-state index in [-0.39, 0.29) is 5.78 Å². The van der Waals surface area contributed by atoms with Crippen molar-refractivity contribution in [1.82, 2.24) is 4.90 Å². The summed E-state index contributed by atoms with van der Waals surface area (Å²) in [4.78, 5) is 16.1. The highest BCUT2D eigenvalue weighted by molar-refractivity contribution is 6.15. The average molecular weight is 466 g/mol. The minimum atomic E-state index is 0.139. The van der Waals surface area contributed by atoms with Gasteiger partial charge in [0.25, 0.3) is 0 Å². The molecule has 6 rings (SSSR count). The van der Waals surface area contributed by atoms with Crippen molar-refractivity contribution in [1.29, 1.82) is 0 Å². The lowest BCUT2D eigenvalue weighted by atomic mass is 9.92. The molecule has 1 aliphatic rings. The van der Waals surface area contributed by atoms with Crippen molar-refractivity contribution >= 4 is 39.5 Å². The number of carbonyl (C=O) groups is 1. The van der Waals surface area contributed by atoms with Crippen molar-refractivity contribution < 1.29 is 4.79 Å². The van der Waals surface area contributed by atoms with Crippen molar-refractivity contribution in [2.45, 2.75) is 6.54 Å². The zero-order chi connectivity index (χ0) is 24.3. The molecule has 1 heterocycles. The molecule has 5 aromatic rings. The smallest absolute Gasteiger partial charge is 0.187 e. The number of likely N-dealkylation sites (tertiary alicyclic amines) is 1. The van der Waals surface area contributed by atoms with Gasteiger partial charge in [-0.15, -0.1) is 0 Å². The van der Waals surface area contributed by atoms with Crippen LogP contribution in [-0.2, 0) is 11.3 Å². The Hall–Kier alpha value is -4.27. The third kappa shape index (κ3) is 4.64. The summed E-state index contributed by atoms with van der Waals surface area (Å²) in [6, 6.07) is 39.9. The molecule has 0 saturated carbocycles. The number of Topliss-reactive ketones (excluding diaryl/α,β-unsaturated/α-hetero) is 1. The first-order valence-corrected chi connectivity index (χ1v) is 12.4. The molecule has 0 radical (unpaired) electrons. The average Bonchev–Trinajstić information content (AvgIpc) is 2.92. The third-order valence-electron chi connectivity index (χ3n) is 6.89. The van der Waals surface area contributed by atoms with E-state index >= 15 is 0 Å². The van der Waals surface area contributed by atoms with Gasteiger partial charge < -0.3 is 0 Å². The second kappa shape index (κ2) is 9.77. The van der Waals surface area contributed by atoms with Crippen LogP contribution in [0.15, 0.2) is 126 Å². The summed E-state index contributed by atoms with van der Waals surface area (Å²) in [6.45, 7) is 2.06. The van der Waals surface area contributed by atoms with E-state index in [2.05, 4.69) is 126 Å². The molecule has 0 N–H and O–H groups in total. The molecular weight excluding hydrogens is 438 g/mol. The van der Waals surface area contributed by atoms with E-state index in [9.17, 15) is 4.79 Å². The standard InChI is InChI=1S/C34H27NO/c36-34-31(20-26-17-18-27-11-4-5-13-29(27)19-26)23-35(22-25-9-2-1-3-10-25)24-32(34)21-30-15-8-14-28-12-6-7-16-33(28)30/h1-21H,22-24H2. The van der Waals surface area contributed by atoms with E-state index in [4.69, 9.17) is 0 Å². The van der Waals surface area contributed by atoms with Crippen molar-refractivity contribution in [2.75, 3.05) is 13.1 Å². The lowest BCUT2D eigenvalue weighted by molar-refractivity contribution is -0.113. The molecule has 2 heteroatoms. The van der Waals surface area contributed by atoms with Gasteiger partial charge in [0.05, 0.1) is 0 Å². The van der Waals surface area contributed by atoms with E-state index in [1.165, 1.54) is 27.1 Å². The van der Waals surface area contributed by atoms with E-state index in [0.717, 1.165) is 28.8 Å². The lowest BCUT2D eigenvalue weighted by Gasteiger charge is -2.30. The molecule has 36 heavy (non-hydrogen) atoms. The molecule has 0 aromatic heterocycles. The van der Waals surface area contributed by atoms with Gasteiger partial charge in [0, 0.05) is 30.8 Å². The Morgan fingerprint density at radius 1 is 0.611 bits per heavy atom. The predicted molar refractivity (Wildman–Crippen MR) is 151 cm³/mol. The fourth-order valence-electron chi connectivity index (χ4n) is 5.13. The van der Waals surface area contributed by atoms with Crippen LogP contribution in [-0.4, -0.2) is 23.8 Å². The lowest BCUT2D eigenvalue weighted by Crippen LogP contribution is -2.37. The summed E-state index contributed by atoms with van der Waals surface area (Å²) in [5, 5.41) is 4.74. The molecule has 0 spiro atoms. The number of rotatable bonds is 4. The number of benzene rings is 5. The summed E-state index contributed by atoms with van der Waals surface area (Å²) in [5.41, 5.74) is 5.06. The molecule has 0 bridgehead atoms. The molecule has 0 atom stereocenters. The molecule has 1 saturated heterocycles. The Labute approximate surface area is 211 Å². The summed E-state index contributed by atoms with van der Waals surface area (Å²) in [6.07, 6.45) is 4.17. The van der Waals surface area contributed by atoms with Gasteiger partial charge in [-0.05, 0) is 56.5 Å². The normalized spacial score (nSPS) is 16.8. The molecule has 2 nitrogen and oxygen atoms in total. The molecule has 0 amide bonds. The first-order chi connectivity index (χ1) is 17.7. The predicted octanol–water partition coefficient (Wildman–Crippen LogP) is 7.54. The highest BCUT2D eigenvalue weighted by atomic mass is 16.1. The summed E-state index contributed by atoms with van der Waals surface area (Å²) < 4.78 is 0. The van der Waals surface area contributed by atoms with E-state index in [1.807, 2.05) is 6.07 Å². The topological polar surface area (TPSA) is 20.3 Å². The number of hydrogen-bond donors (Lipinski definition) is 0. The van der Waals surface area contributed by atoms with Gasteiger partial charge in [0.15, 0.2) is 5.78 Å². The Bertz CT molecular complexity index is 1620. The number of nitrogens with zero attached hydrogens (tertiary/aromatic N) is 1. The first kappa shape index (κ1) is 22.2. The fourth-order valence-corrected chi connectivity index (χ4v) is 5.13. The van der Waals surface area contributed by atoms with Crippen molar-refractivity contribution in [2.24, 2.45) is 0 Å². The molecule has 1 fully saturated rings. The van der Waals surface area contributed by atoms with Gasteiger partial charge in [-0.1, -0.05) is 109 Å². The monoisotopic (exact) mass is 465 g/mol. The van der Waals surface area contributed by atoms with Crippen LogP contribution in [0.4, 0.5) is 0 Å². The van der Waals surface area contributed by atoms with Crippen LogP contribution in [0.3, 0.4) is 0 Å². The van der Waals surface area contributed by atoms with E-state index in [1.54, 1.807) is 0 Å². The largest absolute Gasteiger partial charge is 0.290 e. The maximum atomic E-state index is 13.8. The summed E-state index contributed by atoms with van der Waals surface area (Å²) in [5.74, 6) is 0.139. The number of carbonyl (C=O) groups excluding carboxylic acids is 1. The van der Waals surface area contributed by atoms with Crippen LogP contribution in [0.1, 0.15) is 16.7 Å². The van der Waals surface area contributed by atoms with E-state index in [0.29, 0.717) is 13.1 Å². The van der Waals surface area contributed by atoms with E-state index < -0.39 is 0 Å². The number of hydrogen-bond acceptors (Lipinski definition) is 2. The van der Waals surface area contributed by atoms with Gasteiger partial charge in [-0.25, -0.2) is 0 Å². The van der Waals surface area contributed by atoms with Crippen molar-refractivity contribution in [3.8, 4) is 0 Å². The van der Waals surface area contributed by atoms with Crippen molar-refractivity contribution in [3.05, 3.63) is 143 Å². The second-order valence-electron chi connectivity index (χ2n) is 9.47. The summed E-state index contributed by atoms with van der Waals surface area (Å²) >= 11 is 0. The number of piperidine rings is 1.